The molecule has 3 N–H and O–H groups in total. The number of hydrogen-bond donors (Lipinski definition) is 3. The van der Waals surface area contributed by atoms with Crippen molar-refractivity contribution in [3.63, 3.8) is 0 Å². The summed E-state index contributed by atoms with van der Waals surface area (Å²) in [5.41, 5.74) is 2.23. The first kappa shape index (κ1) is 8.35. The van der Waals surface area contributed by atoms with Crippen LogP contribution in [0.25, 0.3) is 10.9 Å². The molecule has 0 unspecified atom stereocenters. The summed E-state index contributed by atoms with van der Waals surface area (Å²) < 4.78 is 0. The highest BCUT2D eigenvalue weighted by molar-refractivity contribution is 5.81. The lowest BCUT2D eigenvalue weighted by atomic mass is 10.1. The van der Waals surface area contributed by atoms with Gasteiger partial charge in [-0.1, -0.05) is 12.1 Å². The van der Waals surface area contributed by atoms with Gasteiger partial charge in [-0.15, -0.1) is 0 Å². The van der Waals surface area contributed by atoms with Crippen molar-refractivity contribution in [1.29, 1.82) is 0 Å². The number of nitrogens with one attached hydrogen (secondary N) is 3. The Bertz CT molecular complexity index is 517. The van der Waals surface area contributed by atoms with Gasteiger partial charge in [0.2, 0.25) is 0 Å². The number of aromatic nitrogens is 1. The molecule has 1 aliphatic heterocycles. The van der Waals surface area contributed by atoms with Crippen LogP contribution in [0, 0.1) is 0 Å². The number of carbonyl (C=O) groups is 1. The maximum absolute atomic E-state index is 11.0. The highest BCUT2D eigenvalue weighted by Crippen LogP contribution is 2.20. The molecule has 0 bridgehead atoms. The molecular weight excluding hydrogens is 190 g/mol. The Morgan fingerprint density at radius 1 is 1.27 bits per heavy atom. The van der Waals surface area contributed by atoms with Gasteiger partial charge in [-0.2, -0.15) is 0 Å². The zero-order chi connectivity index (χ0) is 10.3. The van der Waals surface area contributed by atoms with Crippen molar-refractivity contribution < 1.29 is 4.79 Å². The summed E-state index contributed by atoms with van der Waals surface area (Å²) in [7, 11) is 0. The minimum atomic E-state index is -0.0911. The van der Waals surface area contributed by atoms with Gasteiger partial charge >= 0.3 is 6.03 Å². The standard InChI is InChI=1S/C11H11N3O/c15-11-13-6-10(14-11)8-2-1-7-3-4-12-9(7)5-8/h1-5,10,12H,6H2,(H2,13,14,15)/t10-/m1/s1. The van der Waals surface area contributed by atoms with Crippen LogP contribution in [0.15, 0.2) is 30.5 Å². The molecular formula is C11H11N3O. The number of urea groups is 1. The molecule has 3 rings (SSSR count). The van der Waals surface area contributed by atoms with Crippen molar-refractivity contribution in [2.24, 2.45) is 0 Å². The molecule has 0 saturated carbocycles. The average molecular weight is 201 g/mol. The normalized spacial score (nSPS) is 20.3. The SMILES string of the molecule is O=C1NC[C@H](c2ccc3cc[nH]c3c2)N1. The summed E-state index contributed by atoms with van der Waals surface area (Å²) >= 11 is 0. The van der Waals surface area contributed by atoms with Crippen molar-refractivity contribution in [3.05, 3.63) is 36.0 Å². The third-order valence-electron chi connectivity index (χ3n) is 2.75. The van der Waals surface area contributed by atoms with Crippen molar-refractivity contribution in [1.82, 2.24) is 15.6 Å². The number of rotatable bonds is 1. The third kappa shape index (κ3) is 1.34. The van der Waals surface area contributed by atoms with Crippen molar-refractivity contribution in [3.8, 4) is 0 Å². The first-order valence-electron chi connectivity index (χ1n) is 4.94. The van der Waals surface area contributed by atoms with Crippen molar-refractivity contribution in [2.75, 3.05) is 6.54 Å². The summed E-state index contributed by atoms with van der Waals surface area (Å²) in [5.74, 6) is 0. The number of aromatic amines is 1. The number of amides is 2. The van der Waals surface area contributed by atoms with Crippen molar-refractivity contribution in [2.45, 2.75) is 6.04 Å². The number of H-pyrrole nitrogens is 1. The maximum Gasteiger partial charge on any atom is 0.315 e. The zero-order valence-electron chi connectivity index (χ0n) is 8.08. The molecule has 1 saturated heterocycles. The van der Waals surface area contributed by atoms with E-state index in [1.807, 2.05) is 18.3 Å². The molecule has 0 spiro atoms. The fraction of sp³-hybridized carbons (Fsp3) is 0.182. The van der Waals surface area contributed by atoms with Gasteiger partial charge in [0, 0.05) is 18.3 Å². The molecule has 4 heteroatoms. The topological polar surface area (TPSA) is 56.9 Å². The monoisotopic (exact) mass is 201 g/mol. The fourth-order valence-corrected chi connectivity index (χ4v) is 1.94. The van der Waals surface area contributed by atoms with E-state index in [-0.39, 0.29) is 12.1 Å². The first-order chi connectivity index (χ1) is 7.33. The van der Waals surface area contributed by atoms with Crippen molar-refractivity contribution >= 4 is 16.9 Å². The quantitative estimate of drug-likeness (QED) is 0.643. The first-order valence-corrected chi connectivity index (χ1v) is 4.94. The Kier molecular flexibility index (Phi) is 1.68. The van der Waals surface area contributed by atoms with Gasteiger partial charge in [-0.3, -0.25) is 0 Å². The minimum absolute atomic E-state index is 0.0881. The van der Waals surface area contributed by atoms with Crippen LogP contribution in [-0.4, -0.2) is 17.6 Å². The predicted octanol–water partition coefficient (Wildman–Crippen LogP) is 1.52. The van der Waals surface area contributed by atoms with E-state index in [4.69, 9.17) is 0 Å². The van der Waals surface area contributed by atoms with E-state index in [1.54, 1.807) is 0 Å². The lowest BCUT2D eigenvalue weighted by molar-refractivity contribution is 0.247. The molecule has 76 valence electrons. The van der Waals surface area contributed by atoms with Gasteiger partial charge < -0.3 is 15.6 Å². The average Bonchev–Trinajstić information content (AvgIpc) is 2.84. The molecule has 0 aliphatic carbocycles. The van der Waals surface area contributed by atoms with Crippen LogP contribution >= 0.6 is 0 Å². The summed E-state index contributed by atoms with van der Waals surface area (Å²) in [6, 6.07) is 8.22. The van der Waals surface area contributed by atoms with Crippen LogP contribution in [-0.2, 0) is 0 Å². The number of fused-ring (bicyclic) bond motifs is 1. The molecule has 1 atom stereocenters. The minimum Gasteiger partial charge on any atom is -0.361 e. The molecule has 2 amide bonds. The summed E-state index contributed by atoms with van der Waals surface area (Å²) in [6.07, 6.45) is 1.92. The molecule has 2 heterocycles. The Labute approximate surface area is 86.7 Å². The highest BCUT2D eigenvalue weighted by Gasteiger charge is 2.21. The largest absolute Gasteiger partial charge is 0.361 e. The van der Waals surface area contributed by atoms with E-state index in [0.717, 1.165) is 11.1 Å². The molecule has 0 radical (unpaired) electrons. The van der Waals surface area contributed by atoms with Crippen LogP contribution in [0.1, 0.15) is 11.6 Å². The van der Waals surface area contributed by atoms with Gasteiger partial charge in [-0.05, 0) is 23.1 Å². The zero-order valence-corrected chi connectivity index (χ0v) is 8.08. The van der Waals surface area contributed by atoms with E-state index in [0.29, 0.717) is 6.54 Å². The van der Waals surface area contributed by atoms with E-state index >= 15 is 0 Å². The second-order valence-corrected chi connectivity index (χ2v) is 3.73. The van der Waals surface area contributed by atoms with Gasteiger partial charge in [0.25, 0.3) is 0 Å². The number of carbonyl (C=O) groups excluding carboxylic acids is 1. The second kappa shape index (κ2) is 3.02. The smallest absolute Gasteiger partial charge is 0.315 e. The van der Waals surface area contributed by atoms with E-state index in [1.165, 1.54) is 5.39 Å². The maximum atomic E-state index is 11.0. The Morgan fingerprint density at radius 3 is 3.00 bits per heavy atom. The van der Waals surface area contributed by atoms with Gasteiger partial charge in [0.1, 0.15) is 0 Å². The molecule has 1 aliphatic rings. The van der Waals surface area contributed by atoms with E-state index < -0.39 is 0 Å². The van der Waals surface area contributed by atoms with Gasteiger partial charge in [-0.25, -0.2) is 4.79 Å². The number of benzene rings is 1. The van der Waals surface area contributed by atoms with Crippen LogP contribution in [0.5, 0.6) is 0 Å². The molecule has 15 heavy (non-hydrogen) atoms. The van der Waals surface area contributed by atoms with Crippen LogP contribution < -0.4 is 10.6 Å². The molecule has 1 aromatic carbocycles. The van der Waals surface area contributed by atoms with E-state index in [9.17, 15) is 4.79 Å². The van der Waals surface area contributed by atoms with Crippen LogP contribution in [0.4, 0.5) is 4.79 Å². The lowest BCUT2D eigenvalue weighted by Crippen LogP contribution is -2.21. The number of hydrogen-bond acceptors (Lipinski definition) is 1. The summed E-state index contributed by atoms with van der Waals surface area (Å²) in [5, 5.41) is 6.80. The predicted molar refractivity (Wildman–Crippen MR) is 57.6 cm³/mol. The Hall–Kier alpha value is -1.97. The highest BCUT2D eigenvalue weighted by atomic mass is 16.2. The lowest BCUT2D eigenvalue weighted by Gasteiger charge is -2.08. The van der Waals surface area contributed by atoms with Gasteiger partial charge in [0.15, 0.2) is 0 Å². The van der Waals surface area contributed by atoms with Gasteiger partial charge in [0.05, 0.1) is 6.04 Å². The third-order valence-corrected chi connectivity index (χ3v) is 2.75. The fourth-order valence-electron chi connectivity index (χ4n) is 1.94. The van der Waals surface area contributed by atoms with Crippen LogP contribution in [0.2, 0.25) is 0 Å². The molecule has 4 nitrogen and oxygen atoms in total. The van der Waals surface area contributed by atoms with E-state index in [2.05, 4.69) is 27.8 Å². The second-order valence-electron chi connectivity index (χ2n) is 3.73. The Morgan fingerprint density at radius 2 is 2.20 bits per heavy atom. The molecule has 2 aromatic rings. The Balaban J connectivity index is 2.00. The molecule has 1 fully saturated rings. The summed E-state index contributed by atoms with van der Waals surface area (Å²) in [6.45, 7) is 0.658. The molecule has 1 aromatic heterocycles. The summed E-state index contributed by atoms with van der Waals surface area (Å²) in [4.78, 5) is 14.2. The van der Waals surface area contributed by atoms with Crippen LogP contribution in [0.3, 0.4) is 0 Å².